The maximum absolute atomic E-state index is 5.98. The largest absolute Gasteiger partial charge is 0.331 e. The minimum Gasteiger partial charge on any atom is -0.331 e. The zero-order chi connectivity index (χ0) is 15.4. The van der Waals surface area contributed by atoms with Crippen LogP contribution in [0.25, 0.3) is 10.9 Å². The van der Waals surface area contributed by atoms with E-state index in [-0.39, 0.29) is 0 Å². The second kappa shape index (κ2) is 6.60. The summed E-state index contributed by atoms with van der Waals surface area (Å²) in [6.07, 6.45) is 1.72. The van der Waals surface area contributed by atoms with Crippen LogP contribution in [0, 0.1) is 0 Å². The summed E-state index contributed by atoms with van der Waals surface area (Å²) in [5.41, 5.74) is 8.67. The zero-order valence-corrected chi connectivity index (χ0v) is 13.1. The summed E-state index contributed by atoms with van der Waals surface area (Å²) in [5, 5.41) is 5.19. The normalized spacial score (nSPS) is 10.2. The van der Waals surface area contributed by atoms with E-state index < -0.39 is 0 Å². The topological polar surface area (TPSA) is 49.0 Å². The molecule has 0 aliphatic rings. The van der Waals surface area contributed by atoms with Gasteiger partial charge in [-0.1, -0.05) is 29.8 Å². The summed E-state index contributed by atoms with van der Waals surface area (Å²) in [7, 11) is 0. The summed E-state index contributed by atoms with van der Waals surface area (Å²) in [6.45, 7) is 0. The van der Waals surface area contributed by atoms with Crippen LogP contribution in [0.4, 0.5) is 11.4 Å². The molecule has 3 aromatic rings. The maximum atomic E-state index is 5.98. The van der Waals surface area contributed by atoms with Crippen molar-refractivity contribution in [2.45, 2.75) is 0 Å². The molecule has 0 aliphatic carbocycles. The van der Waals surface area contributed by atoms with E-state index in [0.29, 0.717) is 10.1 Å². The third-order valence-electron chi connectivity index (χ3n) is 3.05. The fourth-order valence-electron chi connectivity index (χ4n) is 2.04. The number of benzene rings is 2. The number of pyridine rings is 1. The van der Waals surface area contributed by atoms with E-state index in [1.54, 1.807) is 6.20 Å². The molecule has 3 rings (SSSR count). The van der Waals surface area contributed by atoms with Crippen molar-refractivity contribution in [1.29, 1.82) is 0 Å². The zero-order valence-electron chi connectivity index (χ0n) is 11.5. The highest BCUT2D eigenvalue weighted by molar-refractivity contribution is 7.80. The first-order valence-corrected chi connectivity index (χ1v) is 7.43. The van der Waals surface area contributed by atoms with E-state index in [9.17, 15) is 0 Å². The minimum atomic E-state index is 0.477. The molecule has 4 nitrogen and oxygen atoms in total. The van der Waals surface area contributed by atoms with Gasteiger partial charge >= 0.3 is 0 Å². The summed E-state index contributed by atoms with van der Waals surface area (Å²) >= 11 is 11.2. The van der Waals surface area contributed by atoms with E-state index in [1.165, 1.54) is 0 Å². The summed E-state index contributed by atoms with van der Waals surface area (Å²) in [5.74, 6) is 0. The first-order valence-electron chi connectivity index (χ1n) is 6.65. The van der Waals surface area contributed by atoms with Gasteiger partial charge in [0.25, 0.3) is 0 Å². The Morgan fingerprint density at radius 2 is 1.86 bits per heavy atom. The highest BCUT2D eigenvalue weighted by Gasteiger charge is 2.03. The number of anilines is 2. The van der Waals surface area contributed by atoms with E-state index >= 15 is 0 Å². The number of thiocarbonyl (C=S) groups is 1. The smallest absolute Gasteiger partial charge is 0.189 e. The lowest BCUT2D eigenvalue weighted by Crippen LogP contribution is -2.33. The van der Waals surface area contributed by atoms with Crippen molar-refractivity contribution in [3.05, 3.63) is 65.8 Å². The van der Waals surface area contributed by atoms with Gasteiger partial charge in [-0.25, -0.2) is 0 Å². The number of aromatic nitrogens is 1. The third kappa shape index (κ3) is 3.44. The Morgan fingerprint density at radius 3 is 2.68 bits per heavy atom. The first kappa shape index (κ1) is 14.6. The van der Waals surface area contributed by atoms with E-state index in [0.717, 1.165) is 22.3 Å². The standard InChI is InChI=1S/C16H13ClN4S/c17-11-6-7-13-14(8-9-18-15(13)10-11)20-21-16(22)19-12-4-2-1-3-5-12/h1-10H,(H,18,20)(H2,19,21,22). The molecule has 1 aromatic heterocycles. The number of fused-ring (bicyclic) bond motifs is 1. The van der Waals surface area contributed by atoms with Crippen molar-refractivity contribution in [3.8, 4) is 0 Å². The number of nitrogens with one attached hydrogen (secondary N) is 3. The number of rotatable bonds is 3. The SMILES string of the molecule is S=C(NNc1ccnc2cc(Cl)ccc12)Nc1ccccc1. The van der Waals surface area contributed by atoms with Crippen LogP contribution in [-0.2, 0) is 0 Å². The molecule has 0 unspecified atom stereocenters. The van der Waals surface area contributed by atoms with Crippen LogP contribution in [0.1, 0.15) is 0 Å². The van der Waals surface area contributed by atoms with E-state index in [4.69, 9.17) is 23.8 Å². The van der Waals surface area contributed by atoms with Gasteiger partial charge in [0.2, 0.25) is 0 Å². The molecule has 0 spiro atoms. The lowest BCUT2D eigenvalue weighted by Gasteiger charge is -2.14. The van der Waals surface area contributed by atoms with Gasteiger partial charge in [0.1, 0.15) is 0 Å². The average molecular weight is 329 g/mol. The van der Waals surface area contributed by atoms with Crippen LogP contribution in [0.15, 0.2) is 60.8 Å². The fraction of sp³-hybridized carbons (Fsp3) is 0. The second-order valence-corrected chi connectivity index (χ2v) is 5.43. The number of nitrogens with zero attached hydrogens (tertiary/aromatic N) is 1. The van der Waals surface area contributed by atoms with Crippen LogP contribution >= 0.6 is 23.8 Å². The second-order valence-electron chi connectivity index (χ2n) is 4.59. The highest BCUT2D eigenvalue weighted by atomic mass is 35.5. The maximum Gasteiger partial charge on any atom is 0.189 e. The van der Waals surface area contributed by atoms with Crippen LogP contribution in [0.5, 0.6) is 0 Å². The predicted octanol–water partition coefficient (Wildman–Crippen LogP) is 4.20. The molecule has 1 heterocycles. The van der Waals surface area contributed by atoms with Gasteiger partial charge in [-0.05, 0) is 48.6 Å². The van der Waals surface area contributed by atoms with Gasteiger partial charge in [0, 0.05) is 22.3 Å². The number of hydrazine groups is 1. The van der Waals surface area contributed by atoms with Gasteiger partial charge in [-0.15, -0.1) is 0 Å². The summed E-state index contributed by atoms with van der Waals surface area (Å²) in [6, 6.07) is 17.2. The Bertz CT molecular complexity index is 808. The molecule has 22 heavy (non-hydrogen) atoms. The molecule has 2 aromatic carbocycles. The van der Waals surface area contributed by atoms with Crippen molar-refractivity contribution >= 4 is 51.2 Å². The fourth-order valence-corrected chi connectivity index (χ4v) is 2.37. The monoisotopic (exact) mass is 328 g/mol. The van der Waals surface area contributed by atoms with Crippen molar-refractivity contribution in [3.63, 3.8) is 0 Å². The lowest BCUT2D eigenvalue weighted by atomic mass is 10.2. The molecule has 110 valence electrons. The van der Waals surface area contributed by atoms with Gasteiger partial charge < -0.3 is 5.32 Å². The summed E-state index contributed by atoms with van der Waals surface area (Å²) in [4.78, 5) is 4.30. The Balaban J connectivity index is 1.70. The molecule has 3 N–H and O–H groups in total. The molecule has 0 bridgehead atoms. The number of hydrogen-bond acceptors (Lipinski definition) is 3. The Labute approximate surface area is 138 Å². The molecule has 0 atom stereocenters. The van der Waals surface area contributed by atoms with Crippen molar-refractivity contribution in [1.82, 2.24) is 10.4 Å². The lowest BCUT2D eigenvalue weighted by molar-refractivity contribution is 1.14. The molecule has 0 saturated carbocycles. The molecule has 0 fully saturated rings. The van der Waals surface area contributed by atoms with Crippen molar-refractivity contribution < 1.29 is 0 Å². The van der Waals surface area contributed by atoms with Crippen molar-refractivity contribution in [2.75, 3.05) is 10.7 Å². The number of halogens is 1. The van der Waals surface area contributed by atoms with Gasteiger partial charge in [0.05, 0.1) is 11.2 Å². The van der Waals surface area contributed by atoms with Gasteiger partial charge in [-0.3, -0.25) is 15.8 Å². The van der Waals surface area contributed by atoms with Gasteiger partial charge in [-0.2, -0.15) is 0 Å². The number of para-hydroxylation sites is 1. The van der Waals surface area contributed by atoms with Crippen LogP contribution in [-0.4, -0.2) is 10.1 Å². The number of hydrogen-bond donors (Lipinski definition) is 3. The average Bonchev–Trinajstić information content (AvgIpc) is 2.53. The quantitative estimate of drug-likeness (QED) is 0.497. The first-order chi connectivity index (χ1) is 10.7. The van der Waals surface area contributed by atoms with Crippen molar-refractivity contribution in [2.24, 2.45) is 0 Å². The molecule has 0 saturated heterocycles. The van der Waals surface area contributed by atoms with E-state index in [2.05, 4.69) is 21.2 Å². The summed E-state index contributed by atoms with van der Waals surface area (Å²) < 4.78 is 0. The highest BCUT2D eigenvalue weighted by Crippen LogP contribution is 2.23. The molecule has 0 aliphatic heterocycles. The third-order valence-corrected chi connectivity index (χ3v) is 3.49. The molecule has 0 amide bonds. The van der Waals surface area contributed by atoms with Crippen LogP contribution in [0.3, 0.4) is 0 Å². The van der Waals surface area contributed by atoms with E-state index in [1.807, 2.05) is 54.6 Å². The predicted molar refractivity (Wildman–Crippen MR) is 96.2 cm³/mol. The Hall–Kier alpha value is -2.37. The van der Waals surface area contributed by atoms with Crippen LogP contribution in [0.2, 0.25) is 5.02 Å². The minimum absolute atomic E-state index is 0.477. The molecular formula is C16H13ClN4S. The Kier molecular flexibility index (Phi) is 4.37. The molecule has 0 radical (unpaired) electrons. The molecular weight excluding hydrogens is 316 g/mol. The Morgan fingerprint density at radius 1 is 1.05 bits per heavy atom. The molecule has 6 heteroatoms. The van der Waals surface area contributed by atoms with Gasteiger partial charge in [0.15, 0.2) is 5.11 Å². The van der Waals surface area contributed by atoms with Crippen LogP contribution < -0.4 is 16.2 Å².